The average molecular weight is 331 g/mol. The zero-order valence-corrected chi connectivity index (χ0v) is 13.6. The SMILES string of the molecule is C[C@@H]1CCC(=O)C(=O)CCC=Cc2cc(N)cc(O)c2C(=O)OC1. The van der Waals surface area contributed by atoms with Crippen LogP contribution in [0.25, 0.3) is 6.08 Å². The van der Waals surface area contributed by atoms with Crippen molar-refractivity contribution in [2.75, 3.05) is 12.3 Å². The van der Waals surface area contributed by atoms with Crippen molar-refractivity contribution in [3.05, 3.63) is 29.3 Å². The van der Waals surface area contributed by atoms with Crippen LogP contribution in [0, 0.1) is 5.92 Å². The van der Waals surface area contributed by atoms with E-state index in [1.54, 1.807) is 18.2 Å². The van der Waals surface area contributed by atoms with Crippen molar-refractivity contribution in [2.45, 2.75) is 32.6 Å². The smallest absolute Gasteiger partial charge is 0.342 e. The van der Waals surface area contributed by atoms with Crippen LogP contribution in [0.3, 0.4) is 0 Å². The fourth-order valence-electron chi connectivity index (χ4n) is 2.48. The Morgan fingerprint density at radius 2 is 1.88 bits per heavy atom. The fraction of sp³-hybridized carbons (Fsp3) is 0.389. The maximum Gasteiger partial charge on any atom is 0.342 e. The van der Waals surface area contributed by atoms with Crippen molar-refractivity contribution in [3.63, 3.8) is 0 Å². The number of phenols is 1. The van der Waals surface area contributed by atoms with Gasteiger partial charge in [-0.1, -0.05) is 19.1 Å². The molecule has 0 saturated heterocycles. The topological polar surface area (TPSA) is 107 Å². The van der Waals surface area contributed by atoms with Crippen LogP contribution in [-0.4, -0.2) is 29.2 Å². The molecule has 2 rings (SSSR count). The number of Topliss-reactive ketones (excluding diaryl/α,β-unsaturated/α-hetero) is 2. The Morgan fingerprint density at radius 3 is 2.62 bits per heavy atom. The van der Waals surface area contributed by atoms with Gasteiger partial charge in [-0.2, -0.15) is 0 Å². The average Bonchev–Trinajstić information content (AvgIpc) is 2.52. The lowest BCUT2D eigenvalue weighted by Gasteiger charge is -2.14. The number of phenolic OH excluding ortho intramolecular Hbond substituents is 1. The lowest BCUT2D eigenvalue weighted by Crippen LogP contribution is -2.18. The molecule has 6 nitrogen and oxygen atoms in total. The largest absolute Gasteiger partial charge is 0.507 e. The number of hydrogen-bond donors (Lipinski definition) is 2. The molecule has 3 N–H and O–H groups in total. The number of ketones is 2. The normalized spacial score (nSPS) is 20.2. The van der Waals surface area contributed by atoms with Gasteiger partial charge in [0, 0.05) is 24.6 Å². The molecule has 1 heterocycles. The minimum atomic E-state index is -0.640. The summed E-state index contributed by atoms with van der Waals surface area (Å²) in [5, 5.41) is 10.0. The number of cyclic esters (lactones) is 1. The molecule has 128 valence electrons. The van der Waals surface area contributed by atoms with Crippen molar-refractivity contribution in [3.8, 4) is 5.75 Å². The molecule has 1 atom stereocenters. The highest BCUT2D eigenvalue weighted by atomic mass is 16.5. The van der Waals surface area contributed by atoms with Crippen LogP contribution in [0.15, 0.2) is 18.2 Å². The van der Waals surface area contributed by atoms with E-state index in [1.165, 1.54) is 6.07 Å². The van der Waals surface area contributed by atoms with Crippen LogP contribution < -0.4 is 5.73 Å². The van der Waals surface area contributed by atoms with Crippen LogP contribution in [-0.2, 0) is 14.3 Å². The number of carbonyl (C=O) groups excluding carboxylic acids is 3. The summed E-state index contributed by atoms with van der Waals surface area (Å²) in [5.41, 5.74) is 6.48. The van der Waals surface area contributed by atoms with Gasteiger partial charge >= 0.3 is 5.97 Å². The summed E-state index contributed by atoms with van der Waals surface area (Å²) >= 11 is 0. The van der Waals surface area contributed by atoms with Crippen LogP contribution in [0.2, 0.25) is 0 Å². The van der Waals surface area contributed by atoms with E-state index in [0.29, 0.717) is 24.1 Å². The first-order valence-corrected chi connectivity index (χ1v) is 7.90. The van der Waals surface area contributed by atoms with Gasteiger partial charge in [0.15, 0.2) is 11.6 Å². The minimum absolute atomic E-state index is 0.0483. The first kappa shape index (κ1) is 17.7. The third-order valence-electron chi connectivity index (χ3n) is 3.88. The van der Waals surface area contributed by atoms with Crippen LogP contribution in [0.1, 0.15) is 48.5 Å². The van der Waals surface area contributed by atoms with E-state index in [9.17, 15) is 19.5 Å². The van der Waals surface area contributed by atoms with Gasteiger partial charge in [0.05, 0.1) is 6.61 Å². The number of anilines is 1. The molecule has 0 fully saturated rings. The number of aromatic hydroxyl groups is 1. The molecule has 24 heavy (non-hydrogen) atoms. The van der Waals surface area contributed by atoms with Gasteiger partial charge in [-0.15, -0.1) is 0 Å². The highest BCUT2D eigenvalue weighted by Gasteiger charge is 2.20. The summed E-state index contributed by atoms with van der Waals surface area (Å²) in [7, 11) is 0. The van der Waals surface area contributed by atoms with E-state index >= 15 is 0 Å². The molecule has 0 amide bonds. The Hall–Kier alpha value is -2.63. The second-order valence-electron chi connectivity index (χ2n) is 6.03. The molecule has 0 radical (unpaired) electrons. The number of rotatable bonds is 0. The number of fused-ring (bicyclic) bond motifs is 1. The van der Waals surface area contributed by atoms with E-state index in [1.807, 2.05) is 6.92 Å². The minimum Gasteiger partial charge on any atom is -0.507 e. The molecule has 1 aromatic rings. The maximum absolute atomic E-state index is 12.3. The molecule has 0 unspecified atom stereocenters. The van der Waals surface area contributed by atoms with E-state index in [0.717, 1.165) is 0 Å². The zero-order chi connectivity index (χ0) is 17.7. The molecular weight excluding hydrogens is 310 g/mol. The standard InChI is InChI=1S/C18H21NO5/c1-11-6-7-15(21)14(20)5-3-2-4-12-8-13(19)9-16(22)17(12)18(23)24-10-11/h2,4,8-9,11,22H,3,5-7,10,19H2,1H3/t11-/m1/s1. The number of allylic oxidation sites excluding steroid dienone is 1. The molecule has 0 bridgehead atoms. The van der Waals surface area contributed by atoms with Crippen molar-refractivity contribution < 1.29 is 24.2 Å². The molecule has 0 saturated carbocycles. The zero-order valence-electron chi connectivity index (χ0n) is 13.6. The predicted molar refractivity (Wildman–Crippen MR) is 89.5 cm³/mol. The van der Waals surface area contributed by atoms with Crippen LogP contribution >= 0.6 is 0 Å². The summed E-state index contributed by atoms with van der Waals surface area (Å²) < 4.78 is 5.24. The molecule has 1 aliphatic rings. The summed E-state index contributed by atoms with van der Waals surface area (Å²) in [4.78, 5) is 35.8. The second kappa shape index (κ2) is 7.77. The first-order chi connectivity index (χ1) is 11.4. The van der Waals surface area contributed by atoms with Gasteiger partial charge in [-0.3, -0.25) is 9.59 Å². The third-order valence-corrected chi connectivity index (χ3v) is 3.88. The van der Waals surface area contributed by atoms with Crippen molar-refractivity contribution in [1.29, 1.82) is 0 Å². The summed E-state index contributed by atoms with van der Waals surface area (Å²) in [5.74, 6) is -1.73. The van der Waals surface area contributed by atoms with Gasteiger partial charge in [0.25, 0.3) is 0 Å². The Labute approximate surface area is 140 Å². The Morgan fingerprint density at radius 1 is 1.17 bits per heavy atom. The molecule has 6 heteroatoms. The molecule has 1 aromatic carbocycles. The number of carbonyl (C=O) groups is 3. The van der Waals surface area contributed by atoms with Crippen LogP contribution in [0.4, 0.5) is 5.69 Å². The summed E-state index contributed by atoms with van der Waals surface area (Å²) in [6.45, 7) is 1.94. The lowest BCUT2D eigenvalue weighted by atomic mass is 9.99. The monoisotopic (exact) mass is 331 g/mol. The number of esters is 1. The summed E-state index contributed by atoms with van der Waals surface area (Å²) in [6.07, 6.45) is 4.38. The Balaban J connectivity index is 2.34. The third kappa shape index (κ3) is 4.44. The van der Waals surface area contributed by atoms with Crippen molar-refractivity contribution >= 4 is 29.3 Å². The molecule has 0 aromatic heterocycles. The van der Waals surface area contributed by atoms with E-state index in [-0.39, 0.29) is 42.5 Å². The van der Waals surface area contributed by atoms with E-state index in [2.05, 4.69) is 0 Å². The summed E-state index contributed by atoms with van der Waals surface area (Å²) in [6, 6.07) is 2.85. The van der Waals surface area contributed by atoms with Crippen molar-refractivity contribution in [1.82, 2.24) is 0 Å². The molecule has 0 aliphatic carbocycles. The number of hydrogen-bond acceptors (Lipinski definition) is 6. The van der Waals surface area contributed by atoms with Gasteiger partial charge < -0.3 is 15.6 Å². The number of nitrogens with two attached hydrogens (primary N) is 1. The van der Waals surface area contributed by atoms with Gasteiger partial charge in [-0.05, 0) is 30.4 Å². The van der Waals surface area contributed by atoms with Gasteiger partial charge in [0.1, 0.15) is 11.3 Å². The van der Waals surface area contributed by atoms with Crippen LogP contribution in [0.5, 0.6) is 5.75 Å². The molecule has 1 aliphatic heterocycles. The van der Waals surface area contributed by atoms with Crippen molar-refractivity contribution in [2.24, 2.45) is 5.92 Å². The Kier molecular flexibility index (Phi) is 5.73. The van der Waals surface area contributed by atoms with E-state index < -0.39 is 11.8 Å². The Bertz CT molecular complexity index is 693. The second-order valence-corrected chi connectivity index (χ2v) is 6.03. The first-order valence-electron chi connectivity index (χ1n) is 7.90. The van der Waals surface area contributed by atoms with E-state index in [4.69, 9.17) is 10.5 Å². The van der Waals surface area contributed by atoms with Gasteiger partial charge in [0.2, 0.25) is 0 Å². The molecular formula is C18H21NO5. The molecule has 0 spiro atoms. The number of ether oxygens (including phenoxy) is 1. The highest BCUT2D eigenvalue weighted by molar-refractivity contribution is 6.37. The number of benzene rings is 1. The fourth-order valence-corrected chi connectivity index (χ4v) is 2.48. The highest BCUT2D eigenvalue weighted by Crippen LogP contribution is 2.27. The lowest BCUT2D eigenvalue weighted by molar-refractivity contribution is -0.136. The maximum atomic E-state index is 12.3. The predicted octanol–water partition coefficient (Wildman–Crippen LogP) is 2.49. The quantitative estimate of drug-likeness (QED) is 0.430. The number of nitrogen functional groups attached to an aromatic ring is 1. The van der Waals surface area contributed by atoms with Gasteiger partial charge in [-0.25, -0.2) is 4.79 Å².